The molecule has 0 unspecified atom stereocenters. The zero-order valence-corrected chi connectivity index (χ0v) is 11.2. The van der Waals surface area contributed by atoms with E-state index in [-0.39, 0.29) is 12.0 Å². The first-order valence-electron chi connectivity index (χ1n) is 5.84. The second kappa shape index (κ2) is 7.29. The van der Waals surface area contributed by atoms with E-state index in [2.05, 4.69) is 5.32 Å². The normalized spacial score (nSPS) is 10.8. The number of nitrogens with one attached hydrogen (secondary N) is 1. The van der Waals surface area contributed by atoms with Crippen LogP contribution in [-0.4, -0.2) is 25.2 Å². The average Bonchev–Trinajstić information content (AvgIpc) is 2.69. The van der Waals surface area contributed by atoms with Gasteiger partial charge in [0, 0.05) is 13.2 Å². The van der Waals surface area contributed by atoms with Gasteiger partial charge < -0.3 is 15.8 Å². The molecule has 0 radical (unpaired) electrons. The minimum atomic E-state index is -0.0812. The molecule has 17 heavy (non-hydrogen) atoms. The lowest BCUT2D eigenvalue weighted by Crippen LogP contribution is -2.24. The molecule has 0 bridgehead atoms. The summed E-state index contributed by atoms with van der Waals surface area (Å²) < 4.78 is 5.41. The Balaban J connectivity index is 2.11. The molecule has 0 aliphatic rings. The minimum absolute atomic E-state index is 0.0812. The van der Waals surface area contributed by atoms with Crippen LogP contribution in [0.25, 0.3) is 0 Å². The average molecular weight is 256 g/mol. The summed E-state index contributed by atoms with van der Waals surface area (Å²) in [4.78, 5) is 12.3. The predicted molar refractivity (Wildman–Crippen MR) is 71.4 cm³/mol. The Hall–Kier alpha value is -1.07. The van der Waals surface area contributed by atoms with Crippen LogP contribution in [0.4, 0.5) is 5.69 Å². The van der Waals surface area contributed by atoms with Crippen LogP contribution in [0.3, 0.4) is 0 Å². The summed E-state index contributed by atoms with van der Waals surface area (Å²) in [5.41, 5.74) is 6.21. The molecule has 1 aromatic heterocycles. The van der Waals surface area contributed by atoms with E-state index in [4.69, 9.17) is 10.5 Å². The van der Waals surface area contributed by atoms with E-state index in [0.29, 0.717) is 17.1 Å². The fourth-order valence-electron chi connectivity index (χ4n) is 1.33. The molecule has 1 amide bonds. The van der Waals surface area contributed by atoms with Gasteiger partial charge in [-0.2, -0.15) is 0 Å². The molecule has 1 aromatic rings. The van der Waals surface area contributed by atoms with E-state index in [9.17, 15) is 4.79 Å². The summed E-state index contributed by atoms with van der Waals surface area (Å²) >= 11 is 1.37. The van der Waals surface area contributed by atoms with E-state index in [1.807, 2.05) is 19.2 Å². The van der Waals surface area contributed by atoms with E-state index < -0.39 is 0 Å². The minimum Gasteiger partial charge on any atom is -0.397 e. The quantitative estimate of drug-likeness (QED) is 0.735. The SMILES string of the molecule is CC(C)OCCCCNC(=O)c1sccc1N. The topological polar surface area (TPSA) is 64.3 Å². The van der Waals surface area contributed by atoms with Crippen molar-refractivity contribution >= 4 is 22.9 Å². The van der Waals surface area contributed by atoms with Crippen molar-refractivity contribution in [1.29, 1.82) is 0 Å². The Morgan fingerprint density at radius 3 is 2.88 bits per heavy atom. The van der Waals surface area contributed by atoms with Gasteiger partial charge in [-0.15, -0.1) is 11.3 Å². The second-order valence-corrected chi connectivity index (χ2v) is 5.00. The number of anilines is 1. The van der Waals surface area contributed by atoms with Gasteiger partial charge in [0.05, 0.1) is 11.8 Å². The summed E-state index contributed by atoms with van der Waals surface area (Å²) in [7, 11) is 0. The Morgan fingerprint density at radius 1 is 1.53 bits per heavy atom. The van der Waals surface area contributed by atoms with Crippen molar-refractivity contribution in [3.8, 4) is 0 Å². The molecule has 0 saturated heterocycles. The van der Waals surface area contributed by atoms with Gasteiger partial charge in [-0.1, -0.05) is 0 Å². The van der Waals surface area contributed by atoms with Gasteiger partial charge in [-0.25, -0.2) is 0 Å². The molecule has 96 valence electrons. The maximum absolute atomic E-state index is 11.7. The fraction of sp³-hybridized carbons (Fsp3) is 0.583. The molecule has 0 fully saturated rings. The molecule has 0 aliphatic heterocycles. The van der Waals surface area contributed by atoms with Gasteiger partial charge in [0.25, 0.3) is 5.91 Å². The van der Waals surface area contributed by atoms with Gasteiger partial charge in [-0.05, 0) is 38.1 Å². The maximum Gasteiger partial charge on any atom is 0.263 e. The fourth-order valence-corrected chi connectivity index (χ4v) is 2.07. The number of carbonyl (C=O) groups is 1. The molecule has 4 nitrogen and oxygen atoms in total. The van der Waals surface area contributed by atoms with Gasteiger partial charge in [0.15, 0.2) is 0 Å². The van der Waals surface area contributed by atoms with Crippen molar-refractivity contribution in [2.75, 3.05) is 18.9 Å². The first-order valence-corrected chi connectivity index (χ1v) is 6.72. The number of nitrogen functional groups attached to an aromatic ring is 1. The number of rotatable bonds is 7. The highest BCUT2D eigenvalue weighted by Crippen LogP contribution is 2.18. The first kappa shape index (κ1) is 14.0. The van der Waals surface area contributed by atoms with Crippen LogP contribution in [0.15, 0.2) is 11.4 Å². The number of hydrogen-bond donors (Lipinski definition) is 2. The number of thiophene rings is 1. The lowest BCUT2D eigenvalue weighted by atomic mass is 10.3. The number of carbonyl (C=O) groups excluding carboxylic acids is 1. The molecule has 0 aliphatic carbocycles. The predicted octanol–water partition coefficient (Wildman–Crippen LogP) is 2.27. The molecule has 1 rings (SSSR count). The highest BCUT2D eigenvalue weighted by Gasteiger charge is 2.09. The number of unbranched alkanes of at least 4 members (excludes halogenated alkanes) is 1. The molecule has 0 atom stereocenters. The zero-order chi connectivity index (χ0) is 12.7. The van der Waals surface area contributed by atoms with E-state index in [1.165, 1.54) is 11.3 Å². The Kier molecular flexibility index (Phi) is 6.00. The van der Waals surface area contributed by atoms with Crippen LogP contribution >= 0.6 is 11.3 Å². The van der Waals surface area contributed by atoms with E-state index in [0.717, 1.165) is 19.4 Å². The van der Waals surface area contributed by atoms with Crippen LogP contribution in [0.5, 0.6) is 0 Å². The number of nitrogens with two attached hydrogens (primary N) is 1. The molecule has 5 heteroatoms. The van der Waals surface area contributed by atoms with Crippen LogP contribution in [0, 0.1) is 0 Å². The number of amides is 1. The summed E-state index contributed by atoms with van der Waals surface area (Å²) in [5, 5.41) is 4.67. The Bertz CT molecular complexity index is 350. The number of hydrogen-bond acceptors (Lipinski definition) is 4. The molecular weight excluding hydrogens is 236 g/mol. The zero-order valence-electron chi connectivity index (χ0n) is 10.4. The largest absolute Gasteiger partial charge is 0.397 e. The third-order valence-corrected chi connectivity index (χ3v) is 3.14. The van der Waals surface area contributed by atoms with Gasteiger partial charge in [0.2, 0.25) is 0 Å². The van der Waals surface area contributed by atoms with Gasteiger partial charge >= 0.3 is 0 Å². The first-order chi connectivity index (χ1) is 8.11. The summed E-state index contributed by atoms with van der Waals surface area (Å²) in [6.07, 6.45) is 2.15. The monoisotopic (exact) mass is 256 g/mol. The van der Waals surface area contributed by atoms with E-state index in [1.54, 1.807) is 6.07 Å². The van der Waals surface area contributed by atoms with Crippen molar-refractivity contribution in [3.05, 3.63) is 16.3 Å². The third-order valence-electron chi connectivity index (χ3n) is 2.21. The molecule has 0 saturated carbocycles. The summed E-state index contributed by atoms with van der Waals surface area (Å²) in [6, 6.07) is 1.75. The van der Waals surface area contributed by atoms with Crippen LogP contribution < -0.4 is 11.1 Å². The smallest absolute Gasteiger partial charge is 0.263 e. The van der Waals surface area contributed by atoms with Crippen molar-refractivity contribution in [2.45, 2.75) is 32.8 Å². The van der Waals surface area contributed by atoms with Crippen molar-refractivity contribution < 1.29 is 9.53 Å². The van der Waals surface area contributed by atoms with Crippen LogP contribution in [0.1, 0.15) is 36.4 Å². The standard InChI is InChI=1S/C12H20N2O2S/c1-9(2)16-7-4-3-6-14-12(15)11-10(13)5-8-17-11/h5,8-9H,3-4,6-7,13H2,1-2H3,(H,14,15). The highest BCUT2D eigenvalue weighted by atomic mass is 32.1. The molecule has 3 N–H and O–H groups in total. The molecule has 0 spiro atoms. The molecule has 0 aromatic carbocycles. The number of ether oxygens (including phenoxy) is 1. The van der Waals surface area contributed by atoms with Crippen LogP contribution in [0.2, 0.25) is 0 Å². The second-order valence-electron chi connectivity index (χ2n) is 4.09. The lowest BCUT2D eigenvalue weighted by molar-refractivity contribution is 0.0754. The summed E-state index contributed by atoms with van der Waals surface area (Å²) in [5.74, 6) is -0.0812. The summed E-state index contributed by atoms with van der Waals surface area (Å²) in [6.45, 7) is 5.44. The molecular formula is C12H20N2O2S. The highest BCUT2D eigenvalue weighted by molar-refractivity contribution is 7.12. The van der Waals surface area contributed by atoms with E-state index >= 15 is 0 Å². The van der Waals surface area contributed by atoms with Gasteiger partial charge in [-0.3, -0.25) is 4.79 Å². The van der Waals surface area contributed by atoms with Crippen molar-refractivity contribution in [2.24, 2.45) is 0 Å². The Labute approximate surface area is 106 Å². The lowest BCUT2D eigenvalue weighted by Gasteiger charge is -2.07. The van der Waals surface area contributed by atoms with Crippen molar-refractivity contribution in [1.82, 2.24) is 5.32 Å². The van der Waals surface area contributed by atoms with Crippen LogP contribution in [-0.2, 0) is 4.74 Å². The van der Waals surface area contributed by atoms with Gasteiger partial charge in [0.1, 0.15) is 4.88 Å². The molecule has 1 heterocycles. The third kappa shape index (κ3) is 5.19. The maximum atomic E-state index is 11.7. The van der Waals surface area contributed by atoms with Crippen molar-refractivity contribution in [3.63, 3.8) is 0 Å². The Morgan fingerprint density at radius 2 is 2.29 bits per heavy atom.